The van der Waals surface area contributed by atoms with Crippen LogP contribution < -0.4 is 10.1 Å². The number of rotatable bonds is 7. The molecule has 2 nitrogen and oxygen atoms in total. The van der Waals surface area contributed by atoms with Crippen LogP contribution in [0.4, 0.5) is 0 Å². The molecule has 1 aromatic rings. The van der Waals surface area contributed by atoms with Crippen molar-refractivity contribution in [3.8, 4) is 5.75 Å². The van der Waals surface area contributed by atoms with Crippen LogP contribution in [0.25, 0.3) is 0 Å². The highest BCUT2D eigenvalue weighted by molar-refractivity contribution is 5.37. The van der Waals surface area contributed by atoms with Crippen molar-refractivity contribution in [2.75, 3.05) is 6.54 Å². The van der Waals surface area contributed by atoms with Gasteiger partial charge in [0.2, 0.25) is 0 Å². The molecule has 0 bridgehead atoms. The van der Waals surface area contributed by atoms with Crippen LogP contribution in [-0.2, 0) is 6.42 Å². The van der Waals surface area contributed by atoms with E-state index in [1.807, 2.05) is 0 Å². The first-order valence-electron chi connectivity index (χ1n) is 7.84. The molecule has 2 unspecified atom stereocenters. The summed E-state index contributed by atoms with van der Waals surface area (Å²) in [5.41, 5.74) is 1.39. The van der Waals surface area contributed by atoms with Gasteiger partial charge in [0.1, 0.15) is 11.9 Å². The fourth-order valence-electron chi connectivity index (χ4n) is 3.25. The van der Waals surface area contributed by atoms with Gasteiger partial charge in [0, 0.05) is 12.5 Å². The predicted octanol–water partition coefficient (Wildman–Crippen LogP) is 3.55. The molecule has 2 atom stereocenters. The highest BCUT2D eigenvalue weighted by Gasteiger charge is 2.30. The van der Waals surface area contributed by atoms with Gasteiger partial charge in [-0.15, -0.1) is 0 Å². The molecular weight excluding hydrogens is 234 g/mol. The van der Waals surface area contributed by atoms with Gasteiger partial charge in [0.05, 0.1) is 0 Å². The van der Waals surface area contributed by atoms with Gasteiger partial charge in [-0.3, -0.25) is 0 Å². The Hall–Kier alpha value is -1.02. The predicted molar refractivity (Wildman–Crippen MR) is 78.6 cm³/mol. The Labute approximate surface area is 116 Å². The molecule has 2 heteroatoms. The van der Waals surface area contributed by atoms with Crippen LogP contribution in [0.1, 0.15) is 44.6 Å². The molecule has 2 aliphatic rings. The number of benzene rings is 1. The summed E-state index contributed by atoms with van der Waals surface area (Å²) >= 11 is 0. The van der Waals surface area contributed by atoms with E-state index in [-0.39, 0.29) is 0 Å². The molecule has 1 N–H and O–H groups in total. The average molecular weight is 259 g/mol. The first-order chi connectivity index (χ1) is 9.36. The second-order valence-electron chi connectivity index (χ2n) is 5.98. The molecule has 0 saturated heterocycles. The van der Waals surface area contributed by atoms with Gasteiger partial charge in [-0.1, -0.05) is 25.1 Å². The lowest BCUT2D eigenvalue weighted by Crippen LogP contribution is -2.31. The number of hydrogen-bond donors (Lipinski definition) is 1. The molecule has 104 valence electrons. The summed E-state index contributed by atoms with van der Waals surface area (Å²) in [6, 6.07) is 9.23. The molecule has 1 aliphatic carbocycles. The molecule has 0 amide bonds. The smallest absolute Gasteiger partial charge is 0.123 e. The standard InChI is InChI=1S/C17H25NO/c1-2-18-16(13-10-11-13)8-5-7-15-12-14-6-3-4-9-17(14)19-15/h3-4,6,9,13,15-16,18H,2,5,7-8,10-12H2,1H3. The van der Waals surface area contributed by atoms with Gasteiger partial charge >= 0.3 is 0 Å². The molecule has 1 fully saturated rings. The summed E-state index contributed by atoms with van der Waals surface area (Å²) < 4.78 is 6.00. The lowest BCUT2D eigenvalue weighted by atomic mass is 10.0. The van der Waals surface area contributed by atoms with Crippen molar-refractivity contribution in [1.82, 2.24) is 5.32 Å². The van der Waals surface area contributed by atoms with E-state index >= 15 is 0 Å². The number of hydrogen-bond acceptors (Lipinski definition) is 2. The zero-order valence-corrected chi connectivity index (χ0v) is 11.9. The van der Waals surface area contributed by atoms with E-state index in [2.05, 4.69) is 36.5 Å². The summed E-state index contributed by atoms with van der Waals surface area (Å²) in [4.78, 5) is 0. The van der Waals surface area contributed by atoms with Crippen LogP contribution >= 0.6 is 0 Å². The number of ether oxygens (including phenoxy) is 1. The maximum atomic E-state index is 6.00. The topological polar surface area (TPSA) is 21.3 Å². The van der Waals surface area contributed by atoms with E-state index in [0.717, 1.165) is 30.7 Å². The van der Waals surface area contributed by atoms with E-state index in [4.69, 9.17) is 4.74 Å². The lowest BCUT2D eigenvalue weighted by Gasteiger charge is -2.18. The van der Waals surface area contributed by atoms with Crippen LogP contribution in [0.5, 0.6) is 5.75 Å². The third-order valence-electron chi connectivity index (χ3n) is 4.41. The largest absolute Gasteiger partial charge is 0.490 e. The summed E-state index contributed by atoms with van der Waals surface area (Å²) in [6.45, 7) is 3.32. The summed E-state index contributed by atoms with van der Waals surface area (Å²) in [7, 11) is 0. The molecule has 3 rings (SSSR count). The Morgan fingerprint density at radius 3 is 2.89 bits per heavy atom. The van der Waals surface area contributed by atoms with Gasteiger partial charge in [0.25, 0.3) is 0 Å². The summed E-state index contributed by atoms with van der Waals surface area (Å²) in [5, 5.41) is 3.65. The van der Waals surface area contributed by atoms with Crippen LogP contribution in [-0.4, -0.2) is 18.7 Å². The number of para-hydroxylation sites is 1. The first-order valence-corrected chi connectivity index (χ1v) is 7.84. The Balaban J connectivity index is 1.41. The quantitative estimate of drug-likeness (QED) is 0.808. The maximum Gasteiger partial charge on any atom is 0.123 e. The van der Waals surface area contributed by atoms with Gasteiger partial charge in [-0.25, -0.2) is 0 Å². The van der Waals surface area contributed by atoms with E-state index in [1.165, 1.54) is 37.7 Å². The Morgan fingerprint density at radius 1 is 1.32 bits per heavy atom. The van der Waals surface area contributed by atoms with Gasteiger partial charge in [-0.2, -0.15) is 0 Å². The highest BCUT2D eigenvalue weighted by atomic mass is 16.5. The molecule has 1 aliphatic heterocycles. The second kappa shape index (κ2) is 5.96. The highest BCUT2D eigenvalue weighted by Crippen LogP contribution is 2.35. The minimum atomic E-state index is 0.416. The Kier molecular flexibility index (Phi) is 4.07. The van der Waals surface area contributed by atoms with Crippen molar-refractivity contribution in [3.05, 3.63) is 29.8 Å². The van der Waals surface area contributed by atoms with Gasteiger partial charge < -0.3 is 10.1 Å². The monoisotopic (exact) mass is 259 g/mol. The Bertz CT molecular complexity index is 388. The van der Waals surface area contributed by atoms with E-state index in [1.54, 1.807) is 0 Å². The number of nitrogens with one attached hydrogen (secondary N) is 1. The second-order valence-corrected chi connectivity index (χ2v) is 5.98. The van der Waals surface area contributed by atoms with Gasteiger partial charge in [0.15, 0.2) is 0 Å². The molecule has 0 radical (unpaired) electrons. The van der Waals surface area contributed by atoms with Crippen LogP contribution in [0.15, 0.2) is 24.3 Å². The van der Waals surface area contributed by atoms with Crippen LogP contribution in [0, 0.1) is 5.92 Å². The van der Waals surface area contributed by atoms with Gasteiger partial charge in [-0.05, 0) is 56.2 Å². The van der Waals surface area contributed by atoms with Crippen LogP contribution in [0.2, 0.25) is 0 Å². The lowest BCUT2D eigenvalue weighted by molar-refractivity contribution is 0.213. The third kappa shape index (κ3) is 3.30. The van der Waals surface area contributed by atoms with E-state index in [0.29, 0.717) is 6.10 Å². The SMILES string of the molecule is CCNC(CCCC1Cc2ccccc2O1)C1CC1. The number of fused-ring (bicyclic) bond motifs is 1. The van der Waals surface area contributed by atoms with Crippen molar-refractivity contribution in [2.24, 2.45) is 5.92 Å². The van der Waals surface area contributed by atoms with E-state index in [9.17, 15) is 0 Å². The minimum Gasteiger partial charge on any atom is -0.490 e. The normalized spacial score (nSPS) is 22.9. The fraction of sp³-hybridized carbons (Fsp3) is 0.647. The molecule has 1 aromatic carbocycles. The zero-order valence-electron chi connectivity index (χ0n) is 11.9. The summed E-state index contributed by atoms with van der Waals surface area (Å²) in [6.07, 6.45) is 8.18. The molecule has 1 saturated carbocycles. The van der Waals surface area contributed by atoms with Crippen molar-refractivity contribution < 1.29 is 4.74 Å². The summed E-state index contributed by atoms with van der Waals surface area (Å²) in [5.74, 6) is 2.07. The van der Waals surface area contributed by atoms with Crippen molar-refractivity contribution in [1.29, 1.82) is 0 Å². The Morgan fingerprint density at radius 2 is 2.16 bits per heavy atom. The molecule has 1 heterocycles. The molecular formula is C17H25NO. The fourth-order valence-corrected chi connectivity index (χ4v) is 3.25. The van der Waals surface area contributed by atoms with Crippen molar-refractivity contribution in [2.45, 2.75) is 57.6 Å². The first kappa shape index (κ1) is 13.0. The zero-order chi connectivity index (χ0) is 13.1. The molecule has 0 spiro atoms. The van der Waals surface area contributed by atoms with Crippen molar-refractivity contribution >= 4 is 0 Å². The molecule has 0 aromatic heterocycles. The third-order valence-corrected chi connectivity index (χ3v) is 4.41. The minimum absolute atomic E-state index is 0.416. The molecule has 19 heavy (non-hydrogen) atoms. The average Bonchev–Trinajstić information content (AvgIpc) is 3.17. The van der Waals surface area contributed by atoms with Crippen LogP contribution in [0.3, 0.4) is 0 Å². The van der Waals surface area contributed by atoms with E-state index < -0.39 is 0 Å². The maximum absolute atomic E-state index is 6.00. The van der Waals surface area contributed by atoms with Crippen molar-refractivity contribution in [3.63, 3.8) is 0 Å².